The van der Waals surface area contributed by atoms with Crippen LogP contribution in [0.5, 0.6) is 0 Å². The first-order chi connectivity index (χ1) is 11.5. The predicted molar refractivity (Wildman–Crippen MR) is 103 cm³/mol. The zero-order valence-electron chi connectivity index (χ0n) is 12.6. The van der Waals surface area contributed by atoms with Gasteiger partial charge in [-0.2, -0.15) is 5.10 Å². The topological polar surface area (TPSA) is 38.1 Å². The summed E-state index contributed by atoms with van der Waals surface area (Å²) in [5, 5.41) is 4.73. The monoisotopic (exact) mass is 467 g/mol. The van der Waals surface area contributed by atoms with Gasteiger partial charge in [-0.15, -0.1) is 0 Å². The molecule has 0 bridgehead atoms. The molecule has 4 nitrogen and oxygen atoms in total. The standard InChI is InChI=1S/C17H12Br2ClN3O/c1-22(16-7-4-12(18)8-15(16)20)17(24)11-2-5-14(6-3-11)23-10-13(19)9-21-23/h2-10H,1H3. The van der Waals surface area contributed by atoms with Crippen molar-refractivity contribution in [2.75, 3.05) is 11.9 Å². The first-order valence-electron chi connectivity index (χ1n) is 6.99. The Morgan fingerprint density at radius 1 is 1.12 bits per heavy atom. The van der Waals surface area contributed by atoms with E-state index in [1.807, 2.05) is 24.4 Å². The van der Waals surface area contributed by atoms with Crippen LogP contribution in [-0.2, 0) is 0 Å². The van der Waals surface area contributed by atoms with E-state index in [4.69, 9.17) is 11.6 Å². The molecule has 0 aliphatic heterocycles. The number of anilines is 1. The fourth-order valence-corrected chi connectivity index (χ4v) is 3.34. The average molecular weight is 470 g/mol. The highest BCUT2D eigenvalue weighted by Crippen LogP contribution is 2.29. The van der Waals surface area contributed by atoms with E-state index in [2.05, 4.69) is 37.0 Å². The molecular formula is C17H12Br2ClN3O. The van der Waals surface area contributed by atoms with E-state index in [9.17, 15) is 4.79 Å². The molecule has 1 amide bonds. The summed E-state index contributed by atoms with van der Waals surface area (Å²) in [5.41, 5.74) is 2.11. The van der Waals surface area contributed by atoms with Crippen LogP contribution < -0.4 is 4.90 Å². The summed E-state index contributed by atoms with van der Waals surface area (Å²) in [6, 6.07) is 12.7. The van der Waals surface area contributed by atoms with E-state index < -0.39 is 0 Å². The molecule has 0 saturated carbocycles. The Balaban J connectivity index is 1.84. The number of nitrogens with zero attached hydrogens (tertiary/aromatic N) is 3. The van der Waals surface area contributed by atoms with Crippen LogP contribution in [0, 0.1) is 0 Å². The van der Waals surface area contributed by atoms with Gasteiger partial charge in [0.1, 0.15) is 0 Å². The summed E-state index contributed by atoms with van der Waals surface area (Å²) in [5.74, 6) is -0.132. The summed E-state index contributed by atoms with van der Waals surface area (Å²) < 4.78 is 3.49. The van der Waals surface area contributed by atoms with Crippen LogP contribution in [0.2, 0.25) is 5.02 Å². The normalized spacial score (nSPS) is 10.7. The van der Waals surface area contributed by atoms with Crippen molar-refractivity contribution in [2.45, 2.75) is 0 Å². The molecule has 122 valence electrons. The van der Waals surface area contributed by atoms with Crippen molar-refractivity contribution in [3.8, 4) is 5.69 Å². The summed E-state index contributed by atoms with van der Waals surface area (Å²) in [6.07, 6.45) is 3.56. The van der Waals surface area contributed by atoms with Crippen LogP contribution in [0.15, 0.2) is 63.8 Å². The van der Waals surface area contributed by atoms with Gasteiger partial charge in [0.25, 0.3) is 5.91 Å². The Hall–Kier alpha value is -1.63. The van der Waals surface area contributed by atoms with Crippen molar-refractivity contribution in [1.82, 2.24) is 9.78 Å². The molecule has 7 heteroatoms. The van der Waals surface area contributed by atoms with E-state index in [1.54, 1.807) is 42.2 Å². The lowest BCUT2D eigenvalue weighted by molar-refractivity contribution is 0.0993. The van der Waals surface area contributed by atoms with Crippen LogP contribution in [0.1, 0.15) is 10.4 Å². The maximum Gasteiger partial charge on any atom is 0.258 e. The summed E-state index contributed by atoms with van der Waals surface area (Å²) in [7, 11) is 1.70. The lowest BCUT2D eigenvalue weighted by atomic mass is 10.1. The van der Waals surface area contributed by atoms with Gasteiger partial charge in [0, 0.05) is 23.3 Å². The summed E-state index contributed by atoms with van der Waals surface area (Å²) in [6.45, 7) is 0. The molecular weight excluding hydrogens is 457 g/mol. The molecule has 1 aromatic heterocycles. The molecule has 0 spiro atoms. The molecule has 0 saturated heterocycles. The van der Waals surface area contributed by atoms with E-state index in [0.29, 0.717) is 16.3 Å². The molecule has 1 heterocycles. The van der Waals surface area contributed by atoms with Gasteiger partial charge < -0.3 is 4.90 Å². The fourth-order valence-electron chi connectivity index (χ4n) is 2.26. The molecule has 0 unspecified atom stereocenters. The largest absolute Gasteiger partial charge is 0.310 e. The van der Waals surface area contributed by atoms with Crippen molar-refractivity contribution in [3.63, 3.8) is 0 Å². The van der Waals surface area contributed by atoms with Crippen molar-refractivity contribution < 1.29 is 4.79 Å². The van der Waals surface area contributed by atoms with Crippen molar-refractivity contribution in [3.05, 3.63) is 74.4 Å². The van der Waals surface area contributed by atoms with E-state index in [0.717, 1.165) is 14.6 Å². The maximum atomic E-state index is 12.7. The van der Waals surface area contributed by atoms with Crippen LogP contribution in [-0.4, -0.2) is 22.7 Å². The molecule has 0 radical (unpaired) electrons. The number of amides is 1. The Bertz CT molecular complexity index is 893. The fraction of sp³-hybridized carbons (Fsp3) is 0.0588. The number of hydrogen-bond donors (Lipinski definition) is 0. The molecule has 0 aliphatic carbocycles. The quantitative estimate of drug-likeness (QED) is 0.520. The van der Waals surface area contributed by atoms with Gasteiger partial charge >= 0.3 is 0 Å². The third-order valence-electron chi connectivity index (χ3n) is 3.51. The number of hydrogen-bond acceptors (Lipinski definition) is 2. The number of rotatable bonds is 3. The zero-order chi connectivity index (χ0) is 17.3. The van der Waals surface area contributed by atoms with Gasteiger partial charge in [-0.05, 0) is 58.4 Å². The van der Waals surface area contributed by atoms with Crippen LogP contribution in [0.4, 0.5) is 5.69 Å². The third-order valence-corrected chi connectivity index (χ3v) is 4.71. The lowest BCUT2D eigenvalue weighted by Crippen LogP contribution is -2.26. The lowest BCUT2D eigenvalue weighted by Gasteiger charge is -2.19. The van der Waals surface area contributed by atoms with E-state index in [-0.39, 0.29) is 5.91 Å². The number of carbonyl (C=O) groups excluding carboxylic acids is 1. The molecule has 0 fully saturated rings. The Morgan fingerprint density at radius 2 is 1.83 bits per heavy atom. The van der Waals surface area contributed by atoms with Gasteiger partial charge in [0.15, 0.2) is 0 Å². The Morgan fingerprint density at radius 3 is 2.42 bits per heavy atom. The second-order valence-corrected chi connectivity index (χ2v) is 7.35. The predicted octanol–water partition coefficient (Wildman–Crippen LogP) is 5.33. The molecule has 3 aromatic rings. The van der Waals surface area contributed by atoms with Crippen molar-refractivity contribution in [1.29, 1.82) is 0 Å². The summed E-state index contributed by atoms with van der Waals surface area (Å²) in [4.78, 5) is 14.2. The second-order valence-electron chi connectivity index (χ2n) is 5.11. The Labute approximate surface area is 161 Å². The van der Waals surface area contributed by atoms with E-state index >= 15 is 0 Å². The SMILES string of the molecule is CN(C(=O)c1ccc(-n2cc(Br)cn2)cc1)c1ccc(Br)cc1Cl. The molecule has 24 heavy (non-hydrogen) atoms. The highest BCUT2D eigenvalue weighted by molar-refractivity contribution is 9.10. The third kappa shape index (κ3) is 3.55. The van der Waals surface area contributed by atoms with Crippen molar-refractivity contribution >= 4 is 55.1 Å². The minimum absolute atomic E-state index is 0.132. The van der Waals surface area contributed by atoms with Crippen LogP contribution in [0.3, 0.4) is 0 Å². The number of benzene rings is 2. The maximum absolute atomic E-state index is 12.7. The van der Waals surface area contributed by atoms with Gasteiger partial charge in [-0.25, -0.2) is 4.68 Å². The van der Waals surface area contributed by atoms with Gasteiger partial charge in [-0.3, -0.25) is 4.79 Å². The minimum atomic E-state index is -0.132. The molecule has 0 aliphatic rings. The van der Waals surface area contributed by atoms with Crippen LogP contribution >= 0.6 is 43.5 Å². The minimum Gasteiger partial charge on any atom is -0.310 e. The second kappa shape index (κ2) is 7.09. The smallest absolute Gasteiger partial charge is 0.258 e. The number of aromatic nitrogens is 2. The molecule has 0 N–H and O–H groups in total. The highest BCUT2D eigenvalue weighted by Gasteiger charge is 2.16. The van der Waals surface area contributed by atoms with Gasteiger partial charge in [-0.1, -0.05) is 27.5 Å². The number of carbonyl (C=O) groups is 1. The molecule has 2 aromatic carbocycles. The van der Waals surface area contributed by atoms with Gasteiger partial charge in [0.2, 0.25) is 0 Å². The van der Waals surface area contributed by atoms with Crippen molar-refractivity contribution in [2.24, 2.45) is 0 Å². The van der Waals surface area contributed by atoms with Gasteiger partial charge in [0.05, 0.1) is 27.1 Å². The first-order valence-corrected chi connectivity index (χ1v) is 8.96. The molecule has 3 rings (SSSR count). The Kier molecular flexibility index (Phi) is 5.08. The van der Waals surface area contributed by atoms with E-state index in [1.165, 1.54) is 4.90 Å². The van der Waals surface area contributed by atoms with Crippen LogP contribution in [0.25, 0.3) is 5.69 Å². The average Bonchev–Trinajstić information content (AvgIpc) is 3.00. The molecule has 0 atom stereocenters. The zero-order valence-corrected chi connectivity index (χ0v) is 16.5. The highest BCUT2D eigenvalue weighted by atomic mass is 79.9. The number of halogens is 3. The first kappa shape index (κ1) is 17.2. The summed E-state index contributed by atoms with van der Waals surface area (Å²) >= 11 is 12.9.